The SMILES string of the molecule is CCCSSSS[Si](OCC)(OCC)OCC.Nc1ncncn1. The van der Waals surface area contributed by atoms with Crippen molar-refractivity contribution in [1.82, 2.24) is 15.0 Å². The summed E-state index contributed by atoms with van der Waals surface area (Å²) in [6, 6.07) is 0. The van der Waals surface area contributed by atoms with E-state index < -0.39 is 7.95 Å². The highest BCUT2D eigenvalue weighted by molar-refractivity contribution is 9.28. The Hall–Kier alpha value is 0.307. The topological polar surface area (TPSA) is 92.4 Å². The number of nitrogens with zero attached hydrogens (tertiary/aromatic N) is 3. The van der Waals surface area contributed by atoms with Gasteiger partial charge in [0.25, 0.3) is 0 Å². The largest absolute Gasteiger partial charge is 0.585 e. The average Bonchev–Trinajstić information content (AvgIpc) is 2.57. The minimum absolute atomic E-state index is 0.259. The number of aromatic nitrogens is 3. The van der Waals surface area contributed by atoms with Gasteiger partial charge in [0.05, 0.1) is 0 Å². The van der Waals surface area contributed by atoms with Gasteiger partial charge >= 0.3 is 7.95 Å². The van der Waals surface area contributed by atoms with Gasteiger partial charge in [0.1, 0.15) is 12.7 Å². The van der Waals surface area contributed by atoms with Crippen LogP contribution in [0.5, 0.6) is 0 Å². The summed E-state index contributed by atoms with van der Waals surface area (Å²) in [5, 5.41) is 0. The van der Waals surface area contributed by atoms with Crippen LogP contribution in [0, 0.1) is 0 Å². The normalized spacial score (nSPS) is 11.0. The molecule has 0 amide bonds. The van der Waals surface area contributed by atoms with Crippen molar-refractivity contribution in [2.45, 2.75) is 34.1 Å². The minimum Gasteiger partial charge on any atom is -0.368 e. The smallest absolute Gasteiger partial charge is 0.368 e. The van der Waals surface area contributed by atoms with Crippen molar-refractivity contribution in [1.29, 1.82) is 0 Å². The van der Waals surface area contributed by atoms with Gasteiger partial charge in [0.2, 0.25) is 5.95 Å². The monoisotopic (exact) mass is 430 g/mol. The first-order chi connectivity index (χ1) is 11.6. The van der Waals surface area contributed by atoms with Gasteiger partial charge in [-0.25, -0.2) is 15.0 Å². The van der Waals surface area contributed by atoms with E-state index in [9.17, 15) is 0 Å². The molecule has 1 aromatic heterocycles. The molecule has 0 saturated carbocycles. The Morgan fingerprint density at radius 2 is 1.50 bits per heavy atom. The molecule has 0 aromatic carbocycles. The molecule has 24 heavy (non-hydrogen) atoms. The lowest BCUT2D eigenvalue weighted by Crippen LogP contribution is -2.42. The van der Waals surface area contributed by atoms with Crippen LogP contribution >= 0.6 is 40.7 Å². The Bertz CT molecular complexity index is 381. The Morgan fingerprint density at radius 3 is 1.88 bits per heavy atom. The fourth-order valence-electron chi connectivity index (χ4n) is 1.17. The lowest BCUT2D eigenvalue weighted by Gasteiger charge is -2.25. The summed E-state index contributed by atoms with van der Waals surface area (Å²) < 4.78 is 17.2. The van der Waals surface area contributed by atoms with Gasteiger partial charge in [-0.1, -0.05) is 17.7 Å². The molecule has 0 aliphatic rings. The predicted octanol–water partition coefficient (Wildman–Crippen LogP) is 4.07. The summed E-state index contributed by atoms with van der Waals surface area (Å²) in [6.07, 6.45) is 3.90. The number of nitrogen functional groups attached to an aromatic ring is 1. The molecular weight excluding hydrogens is 405 g/mol. The van der Waals surface area contributed by atoms with Gasteiger partial charge in [-0.2, -0.15) is 0 Å². The van der Waals surface area contributed by atoms with Crippen molar-refractivity contribution in [2.75, 3.05) is 31.3 Å². The number of nitrogens with two attached hydrogens (primary N) is 1. The van der Waals surface area contributed by atoms with Crippen LogP contribution in [-0.2, 0) is 13.3 Å². The molecule has 0 fully saturated rings. The summed E-state index contributed by atoms with van der Waals surface area (Å²) in [6.45, 7) is 10.0. The van der Waals surface area contributed by atoms with Crippen molar-refractivity contribution < 1.29 is 13.3 Å². The summed E-state index contributed by atoms with van der Waals surface area (Å²) in [5.74, 6) is 1.43. The molecule has 0 bridgehead atoms. The minimum atomic E-state index is -2.51. The first-order valence-corrected chi connectivity index (χ1v) is 15.0. The van der Waals surface area contributed by atoms with Gasteiger partial charge in [-0.3, -0.25) is 0 Å². The number of hydrogen-bond donors (Lipinski definition) is 1. The van der Waals surface area contributed by atoms with Crippen LogP contribution in [-0.4, -0.2) is 48.5 Å². The van der Waals surface area contributed by atoms with E-state index in [0.29, 0.717) is 19.8 Å². The second-order valence-electron chi connectivity index (χ2n) is 3.84. The van der Waals surface area contributed by atoms with Gasteiger partial charge in [0, 0.05) is 25.6 Å². The third kappa shape index (κ3) is 12.6. The first-order valence-electron chi connectivity index (χ1n) is 7.57. The molecule has 1 aromatic rings. The summed E-state index contributed by atoms with van der Waals surface area (Å²) >= 11 is 0. The van der Waals surface area contributed by atoms with Crippen LogP contribution < -0.4 is 5.73 Å². The van der Waals surface area contributed by atoms with E-state index in [1.54, 1.807) is 29.9 Å². The van der Waals surface area contributed by atoms with E-state index in [-0.39, 0.29) is 5.95 Å². The van der Waals surface area contributed by atoms with Crippen molar-refractivity contribution in [3.8, 4) is 0 Å². The van der Waals surface area contributed by atoms with Crippen LogP contribution in [0.1, 0.15) is 34.1 Å². The lowest BCUT2D eigenvalue weighted by atomic mass is 10.6. The zero-order chi connectivity index (χ0) is 18.1. The van der Waals surface area contributed by atoms with Gasteiger partial charge in [-0.15, -0.1) is 0 Å². The molecule has 0 aliphatic heterocycles. The predicted molar refractivity (Wildman–Crippen MR) is 110 cm³/mol. The second-order valence-corrected chi connectivity index (χ2v) is 14.3. The summed E-state index contributed by atoms with van der Waals surface area (Å²) in [5.41, 5.74) is 5.10. The standard InChI is InChI=1S/C9H22O3S4Si.C3H4N4/c1-5-9-13-14-15-16-17(10-6-2,11-7-3)12-8-4;4-3-6-1-5-2-7-3/h5-9H2,1-4H3;1-2H,(H2,4,5,6,7). The van der Waals surface area contributed by atoms with Crippen LogP contribution in [0.2, 0.25) is 0 Å². The second kappa shape index (κ2) is 16.8. The van der Waals surface area contributed by atoms with Crippen molar-refractivity contribution in [3.05, 3.63) is 12.7 Å². The quantitative estimate of drug-likeness (QED) is 0.295. The molecule has 0 radical (unpaired) electrons. The molecule has 140 valence electrons. The molecule has 0 atom stereocenters. The Morgan fingerprint density at radius 1 is 0.958 bits per heavy atom. The Balaban J connectivity index is 0.000000620. The van der Waals surface area contributed by atoms with E-state index in [1.807, 2.05) is 31.6 Å². The first kappa shape index (κ1) is 24.3. The molecule has 0 unspecified atom stereocenters. The van der Waals surface area contributed by atoms with Gasteiger partial charge in [-0.05, 0) is 57.1 Å². The highest BCUT2D eigenvalue weighted by Gasteiger charge is 2.43. The van der Waals surface area contributed by atoms with Gasteiger partial charge < -0.3 is 19.0 Å². The third-order valence-corrected chi connectivity index (χ3v) is 14.9. The summed E-state index contributed by atoms with van der Waals surface area (Å²) in [7, 11) is 4.45. The third-order valence-electron chi connectivity index (χ3n) is 1.98. The van der Waals surface area contributed by atoms with Crippen LogP contribution in [0.25, 0.3) is 0 Å². The Labute approximate surface area is 160 Å². The van der Waals surface area contributed by atoms with Crippen LogP contribution in [0.15, 0.2) is 12.7 Å². The fraction of sp³-hybridized carbons (Fsp3) is 0.750. The number of rotatable bonds is 12. The van der Waals surface area contributed by atoms with Gasteiger partial charge in [0.15, 0.2) is 0 Å². The average molecular weight is 431 g/mol. The molecular formula is C12H26N4O3S4Si. The maximum Gasteiger partial charge on any atom is 0.585 e. The molecule has 0 saturated heterocycles. The molecule has 0 spiro atoms. The van der Waals surface area contributed by atoms with E-state index in [0.717, 1.165) is 0 Å². The summed E-state index contributed by atoms with van der Waals surface area (Å²) in [4.78, 5) is 10.6. The van der Waals surface area contributed by atoms with E-state index in [4.69, 9.17) is 19.0 Å². The molecule has 7 nitrogen and oxygen atoms in total. The van der Waals surface area contributed by atoms with Crippen LogP contribution in [0.3, 0.4) is 0 Å². The van der Waals surface area contributed by atoms with Crippen LogP contribution in [0.4, 0.5) is 5.95 Å². The lowest BCUT2D eigenvalue weighted by molar-refractivity contribution is 0.0971. The highest BCUT2D eigenvalue weighted by atomic mass is 33.7. The van der Waals surface area contributed by atoms with Crippen molar-refractivity contribution in [3.63, 3.8) is 0 Å². The molecule has 0 aliphatic carbocycles. The number of anilines is 1. The number of hydrogen-bond acceptors (Lipinski definition) is 11. The molecule has 1 rings (SSSR count). The molecule has 12 heteroatoms. The van der Waals surface area contributed by atoms with Crippen molar-refractivity contribution >= 4 is 54.6 Å². The molecule has 2 N–H and O–H groups in total. The van der Waals surface area contributed by atoms with E-state index in [1.165, 1.54) is 24.8 Å². The zero-order valence-corrected chi connectivity index (χ0v) is 18.7. The Kier molecular flexibility index (Phi) is 17.0. The fourth-order valence-corrected chi connectivity index (χ4v) is 15.2. The highest BCUT2D eigenvalue weighted by Crippen LogP contribution is 2.48. The molecule has 1 heterocycles. The van der Waals surface area contributed by atoms with E-state index in [2.05, 4.69) is 21.9 Å². The van der Waals surface area contributed by atoms with Crippen molar-refractivity contribution in [2.24, 2.45) is 0 Å². The zero-order valence-electron chi connectivity index (χ0n) is 14.5. The van der Waals surface area contributed by atoms with E-state index >= 15 is 0 Å². The maximum atomic E-state index is 5.73. The maximum absolute atomic E-state index is 5.73.